The van der Waals surface area contributed by atoms with Gasteiger partial charge >= 0.3 is 0 Å². The zero-order valence-corrected chi connectivity index (χ0v) is 11.2. The Balaban J connectivity index is 2.94. The molecule has 0 unspecified atom stereocenters. The Labute approximate surface area is 106 Å². The van der Waals surface area contributed by atoms with Gasteiger partial charge in [-0.25, -0.2) is 13.1 Å². The molecule has 0 spiro atoms. The third-order valence-electron chi connectivity index (χ3n) is 2.03. The highest BCUT2D eigenvalue weighted by atomic mass is 35.5. The van der Waals surface area contributed by atoms with Gasteiger partial charge in [-0.2, -0.15) is 0 Å². The minimum Gasteiger partial charge on any atom is -0.211 e. The average molecular weight is 282 g/mol. The molecule has 0 saturated carbocycles. The molecule has 90 valence electrons. The molecular formula is C10H13Cl2NO2S. The zero-order chi connectivity index (χ0) is 12.2. The Kier molecular flexibility index (Phi) is 5.05. The molecule has 0 aliphatic carbocycles. The van der Waals surface area contributed by atoms with Crippen LogP contribution < -0.4 is 4.72 Å². The van der Waals surface area contributed by atoms with Crippen molar-refractivity contribution in [3.63, 3.8) is 0 Å². The van der Waals surface area contributed by atoms with Crippen molar-refractivity contribution in [2.45, 2.75) is 24.7 Å². The lowest BCUT2D eigenvalue weighted by molar-refractivity contribution is 0.578. The molecule has 1 N–H and O–H groups in total. The lowest BCUT2D eigenvalue weighted by Gasteiger charge is -2.08. The van der Waals surface area contributed by atoms with Gasteiger partial charge in [0.15, 0.2) is 0 Å². The van der Waals surface area contributed by atoms with E-state index in [4.69, 9.17) is 23.2 Å². The van der Waals surface area contributed by atoms with E-state index in [1.54, 1.807) is 12.1 Å². The van der Waals surface area contributed by atoms with E-state index in [1.807, 2.05) is 6.92 Å². The smallest absolute Gasteiger partial charge is 0.211 e. The second kappa shape index (κ2) is 5.87. The minimum atomic E-state index is -3.55. The fourth-order valence-electron chi connectivity index (χ4n) is 1.15. The molecule has 0 saturated heterocycles. The average Bonchev–Trinajstić information content (AvgIpc) is 2.22. The summed E-state index contributed by atoms with van der Waals surface area (Å²) in [7, 11) is -3.55. The van der Waals surface area contributed by atoms with Gasteiger partial charge in [0.25, 0.3) is 0 Å². The van der Waals surface area contributed by atoms with Gasteiger partial charge in [-0.05, 0) is 18.6 Å². The first-order chi connectivity index (χ1) is 7.49. The summed E-state index contributed by atoms with van der Waals surface area (Å²) < 4.78 is 26.1. The maximum absolute atomic E-state index is 11.8. The van der Waals surface area contributed by atoms with Crippen molar-refractivity contribution in [3.8, 4) is 0 Å². The van der Waals surface area contributed by atoms with Crippen molar-refractivity contribution < 1.29 is 8.42 Å². The summed E-state index contributed by atoms with van der Waals surface area (Å²) in [6, 6.07) is 4.54. The summed E-state index contributed by atoms with van der Waals surface area (Å²) in [5, 5.41) is 0.299. The predicted octanol–water partition coefficient (Wildman–Crippen LogP) is 3.07. The van der Waals surface area contributed by atoms with Crippen LogP contribution in [0.1, 0.15) is 19.8 Å². The van der Waals surface area contributed by atoms with E-state index >= 15 is 0 Å². The molecule has 1 rings (SSSR count). The molecule has 16 heavy (non-hydrogen) atoms. The van der Waals surface area contributed by atoms with Crippen LogP contribution in [0.5, 0.6) is 0 Å². The van der Waals surface area contributed by atoms with Gasteiger partial charge < -0.3 is 0 Å². The van der Waals surface area contributed by atoms with Gasteiger partial charge in [-0.3, -0.25) is 0 Å². The summed E-state index contributed by atoms with van der Waals surface area (Å²) in [5.41, 5.74) is 0. The van der Waals surface area contributed by atoms with Crippen LogP contribution in [0.25, 0.3) is 0 Å². The molecule has 0 heterocycles. The Morgan fingerprint density at radius 3 is 2.62 bits per heavy atom. The summed E-state index contributed by atoms with van der Waals surface area (Å²) in [4.78, 5) is 0.0257. The number of hydrogen-bond acceptors (Lipinski definition) is 2. The van der Waals surface area contributed by atoms with E-state index in [2.05, 4.69) is 4.72 Å². The minimum absolute atomic E-state index is 0.0257. The van der Waals surface area contributed by atoms with Crippen LogP contribution in [0.3, 0.4) is 0 Å². The highest BCUT2D eigenvalue weighted by molar-refractivity contribution is 7.89. The van der Waals surface area contributed by atoms with E-state index in [-0.39, 0.29) is 14.9 Å². The second-order valence-electron chi connectivity index (χ2n) is 3.30. The van der Waals surface area contributed by atoms with Gasteiger partial charge in [0.1, 0.15) is 4.90 Å². The fourth-order valence-corrected chi connectivity index (χ4v) is 2.99. The second-order valence-corrected chi connectivity index (χ2v) is 5.82. The first-order valence-corrected chi connectivity index (χ1v) is 7.16. The van der Waals surface area contributed by atoms with Crippen LogP contribution in [-0.4, -0.2) is 15.0 Å². The molecule has 0 amide bonds. The molecule has 0 radical (unpaired) electrons. The van der Waals surface area contributed by atoms with E-state index in [0.29, 0.717) is 6.54 Å². The number of sulfonamides is 1. The third-order valence-corrected chi connectivity index (χ3v) is 4.46. The van der Waals surface area contributed by atoms with Gasteiger partial charge in [0, 0.05) is 6.54 Å². The largest absolute Gasteiger partial charge is 0.242 e. The number of halogens is 2. The van der Waals surface area contributed by atoms with Gasteiger partial charge in [0.2, 0.25) is 10.0 Å². The highest BCUT2D eigenvalue weighted by Crippen LogP contribution is 2.28. The molecule has 1 aromatic carbocycles. The third kappa shape index (κ3) is 3.35. The van der Waals surface area contributed by atoms with E-state index in [1.165, 1.54) is 6.07 Å². The van der Waals surface area contributed by atoms with Crippen molar-refractivity contribution in [1.29, 1.82) is 0 Å². The zero-order valence-electron chi connectivity index (χ0n) is 8.83. The molecule has 6 heteroatoms. The molecule has 0 bridgehead atoms. The molecule has 0 aliphatic heterocycles. The quantitative estimate of drug-likeness (QED) is 0.844. The van der Waals surface area contributed by atoms with Crippen molar-refractivity contribution in [2.75, 3.05) is 6.54 Å². The molecule has 3 nitrogen and oxygen atoms in total. The van der Waals surface area contributed by atoms with Crippen molar-refractivity contribution >= 4 is 33.2 Å². The van der Waals surface area contributed by atoms with Crippen LogP contribution in [0.2, 0.25) is 10.0 Å². The van der Waals surface area contributed by atoms with E-state index in [0.717, 1.165) is 12.8 Å². The molecule has 0 atom stereocenters. The van der Waals surface area contributed by atoms with E-state index in [9.17, 15) is 8.42 Å². The standard InChI is InChI=1S/C10H13Cl2NO2S/c1-2-3-7-13-16(14,15)9-6-4-5-8(11)10(9)12/h4-6,13H,2-3,7H2,1H3. The molecule has 1 aromatic rings. The van der Waals surface area contributed by atoms with Gasteiger partial charge in [-0.1, -0.05) is 42.6 Å². The van der Waals surface area contributed by atoms with E-state index < -0.39 is 10.0 Å². The van der Waals surface area contributed by atoms with Gasteiger partial charge in [0.05, 0.1) is 10.0 Å². The lowest BCUT2D eigenvalue weighted by Crippen LogP contribution is -2.25. The van der Waals surface area contributed by atoms with Gasteiger partial charge in [-0.15, -0.1) is 0 Å². The number of benzene rings is 1. The van der Waals surface area contributed by atoms with Crippen molar-refractivity contribution in [2.24, 2.45) is 0 Å². The normalized spacial score (nSPS) is 11.7. The van der Waals surface area contributed by atoms with Crippen LogP contribution >= 0.6 is 23.2 Å². The molecule has 0 fully saturated rings. The number of nitrogens with one attached hydrogen (secondary N) is 1. The number of unbranched alkanes of at least 4 members (excludes halogenated alkanes) is 1. The van der Waals surface area contributed by atoms with Crippen molar-refractivity contribution in [1.82, 2.24) is 4.72 Å². The predicted molar refractivity (Wildman–Crippen MR) is 66.6 cm³/mol. The SMILES string of the molecule is CCCCNS(=O)(=O)c1cccc(Cl)c1Cl. The fraction of sp³-hybridized carbons (Fsp3) is 0.400. The maximum atomic E-state index is 11.8. The maximum Gasteiger partial charge on any atom is 0.242 e. The Morgan fingerprint density at radius 2 is 2.00 bits per heavy atom. The number of rotatable bonds is 5. The topological polar surface area (TPSA) is 46.2 Å². The monoisotopic (exact) mass is 281 g/mol. The highest BCUT2D eigenvalue weighted by Gasteiger charge is 2.18. The Bertz CT molecular complexity index is 460. The first-order valence-electron chi connectivity index (χ1n) is 4.92. The van der Waals surface area contributed by atoms with Crippen molar-refractivity contribution in [3.05, 3.63) is 28.2 Å². The number of hydrogen-bond donors (Lipinski definition) is 1. The van der Waals surface area contributed by atoms with Crippen LogP contribution in [0, 0.1) is 0 Å². The van der Waals surface area contributed by atoms with Crippen LogP contribution in [-0.2, 0) is 10.0 Å². The molecule has 0 aromatic heterocycles. The Morgan fingerprint density at radius 1 is 1.31 bits per heavy atom. The molecular weight excluding hydrogens is 269 g/mol. The summed E-state index contributed by atoms with van der Waals surface area (Å²) >= 11 is 11.6. The lowest BCUT2D eigenvalue weighted by atomic mass is 10.3. The van der Waals surface area contributed by atoms with Crippen LogP contribution in [0.15, 0.2) is 23.1 Å². The Hall–Kier alpha value is -0.290. The first kappa shape index (κ1) is 13.8. The van der Waals surface area contributed by atoms with Crippen LogP contribution in [0.4, 0.5) is 0 Å². The summed E-state index contributed by atoms with van der Waals surface area (Å²) in [6.45, 7) is 2.39. The summed E-state index contributed by atoms with van der Waals surface area (Å²) in [6.07, 6.45) is 1.71. The molecule has 0 aliphatic rings. The summed E-state index contributed by atoms with van der Waals surface area (Å²) in [5.74, 6) is 0.